The molecule has 1 amide bonds. The molecule has 0 aliphatic carbocycles. The summed E-state index contributed by atoms with van der Waals surface area (Å²) >= 11 is 0. The maximum atomic E-state index is 11.2. The standard InChI is InChI=1S/C10H22N2O/c1-4-5-6-9(11)7-12-10(13)8(2)3/h8-9H,4-7,11H2,1-3H3,(H,12,13)/t9-/m0/s1. The fourth-order valence-electron chi connectivity index (χ4n) is 1.00. The second kappa shape index (κ2) is 6.89. The molecular weight excluding hydrogens is 164 g/mol. The quantitative estimate of drug-likeness (QED) is 0.656. The molecule has 0 saturated carbocycles. The number of unbranched alkanes of at least 4 members (excludes halogenated alkanes) is 1. The summed E-state index contributed by atoms with van der Waals surface area (Å²) in [6, 6.07) is 0.114. The van der Waals surface area contributed by atoms with E-state index in [-0.39, 0.29) is 17.9 Å². The summed E-state index contributed by atoms with van der Waals surface area (Å²) < 4.78 is 0. The second-order valence-electron chi connectivity index (χ2n) is 3.80. The van der Waals surface area contributed by atoms with Crippen LogP contribution in [0.15, 0.2) is 0 Å². The number of nitrogens with one attached hydrogen (secondary N) is 1. The first-order chi connectivity index (χ1) is 6.07. The SMILES string of the molecule is CCCC[C@H](N)CNC(=O)C(C)C. The van der Waals surface area contributed by atoms with Crippen molar-refractivity contribution in [1.82, 2.24) is 5.32 Å². The van der Waals surface area contributed by atoms with E-state index in [0.29, 0.717) is 6.54 Å². The zero-order valence-corrected chi connectivity index (χ0v) is 8.97. The van der Waals surface area contributed by atoms with Crippen LogP contribution in [-0.4, -0.2) is 18.5 Å². The van der Waals surface area contributed by atoms with Gasteiger partial charge >= 0.3 is 0 Å². The van der Waals surface area contributed by atoms with E-state index in [1.54, 1.807) is 0 Å². The Morgan fingerprint density at radius 1 is 1.46 bits per heavy atom. The van der Waals surface area contributed by atoms with Crippen molar-refractivity contribution in [3.8, 4) is 0 Å². The molecule has 0 aliphatic heterocycles. The highest BCUT2D eigenvalue weighted by molar-refractivity contribution is 5.77. The highest BCUT2D eigenvalue weighted by Crippen LogP contribution is 1.97. The number of hydrogen-bond donors (Lipinski definition) is 2. The van der Waals surface area contributed by atoms with Gasteiger partial charge in [0.2, 0.25) is 5.91 Å². The van der Waals surface area contributed by atoms with Gasteiger partial charge in [-0.05, 0) is 6.42 Å². The van der Waals surface area contributed by atoms with Crippen LogP contribution >= 0.6 is 0 Å². The van der Waals surface area contributed by atoms with Crippen molar-refractivity contribution in [3.05, 3.63) is 0 Å². The monoisotopic (exact) mass is 186 g/mol. The molecule has 1 atom stereocenters. The van der Waals surface area contributed by atoms with E-state index in [2.05, 4.69) is 12.2 Å². The van der Waals surface area contributed by atoms with E-state index >= 15 is 0 Å². The largest absolute Gasteiger partial charge is 0.354 e. The smallest absolute Gasteiger partial charge is 0.222 e. The van der Waals surface area contributed by atoms with Crippen LogP contribution in [0.25, 0.3) is 0 Å². The molecule has 13 heavy (non-hydrogen) atoms. The molecule has 0 aromatic heterocycles. The maximum Gasteiger partial charge on any atom is 0.222 e. The third-order valence-electron chi connectivity index (χ3n) is 1.99. The predicted molar refractivity (Wildman–Crippen MR) is 55.3 cm³/mol. The number of hydrogen-bond acceptors (Lipinski definition) is 2. The van der Waals surface area contributed by atoms with Crippen LogP contribution in [0.1, 0.15) is 40.0 Å². The van der Waals surface area contributed by atoms with E-state index in [1.165, 1.54) is 0 Å². The minimum atomic E-state index is 0.0541. The molecule has 0 bridgehead atoms. The van der Waals surface area contributed by atoms with Gasteiger partial charge in [0, 0.05) is 18.5 Å². The number of carbonyl (C=O) groups excluding carboxylic acids is 1. The summed E-state index contributed by atoms with van der Waals surface area (Å²) in [4.78, 5) is 11.2. The zero-order chi connectivity index (χ0) is 10.3. The predicted octanol–water partition coefficient (Wildman–Crippen LogP) is 1.28. The van der Waals surface area contributed by atoms with Crippen molar-refractivity contribution >= 4 is 5.91 Å². The van der Waals surface area contributed by atoms with Crippen LogP contribution in [-0.2, 0) is 4.79 Å². The lowest BCUT2D eigenvalue weighted by Crippen LogP contribution is -2.38. The maximum absolute atomic E-state index is 11.2. The average molecular weight is 186 g/mol. The first-order valence-corrected chi connectivity index (χ1v) is 5.11. The fourth-order valence-corrected chi connectivity index (χ4v) is 1.00. The molecule has 0 heterocycles. The Balaban J connectivity index is 3.46. The molecule has 0 aromatic carbocycles. The molecule has 0 aliphatic rings. The van der Waals surface area contributed by atoms with Gasteiger partial charge in [0.05, 0.1) is 0 Å². The Labute approximate surface area is 81.1 Å². The van der Waals surface area contributed by atoms with Gasteiger partial charge in [-0.1, -0.05) is 33.6 Å². The van der Waals surface area contributed by atoms with E-state index in [0.717, 1.165) is 19.3 Å². The summed E-state index contributed by atoms with van der Waals surface area (Å²) in [7, 11) is 0. The van der Waals surface area contributed by atoms with Gasteiger partial charge in [-0.15, -0.1) is 0 Å². The van der Waals surface area contributed by atoms with Crippen molar-refractivity contribution in [1.29, 1.82) is 0 Å². The van der Waals surface area contributed by atoms with Crippen molar-refractivity contribution in [2.24, 2.45) is 11.7 Å². The van der Waals surface area contributed by atoms with Crippen molar-refractivity contribution < 1.29 is 4.79 Å². The van der Waals surface area contributed by atoms with Crippen LogP contribution in [0.2, 0.25) is 0 Å². The van der Waals surface area contributed by atoms with Gasteiger partial charge in [-0.2, -0.15) is 0 Å². The van der Waals surface area contributed by atoms with Gasteiger partial charge in [0.1, 0.15) is 0 Å². The third-order valence-corrected chi connectivity index (χ3v) is 1.99. The van der Waals surface area contributed by atoms with Gasteiger partial charge in [-0.25, -0.2) is 0 Å². The molecule has 0 fully saturated rings. The Morgan fingerprint density at radius 2 is 2.08 bits per heavy atom. The number of nitrogens with two attached hydrogens (primary N) is 1. The van der Waals surface area contributed by atoms with Crippen molar-refractivity contribution in [2.75, 3.05) is 6.54 Å². The number of rotatable bonds is 6. The summed E-state index contributed by atoms with van der Waals surface area (Å²) in [6.45, 7) is 6.51. The second-order valence-corrected chi connectivity index (χ2v) is 3.80. The van der Waals surface area contributed by atoms with Gasteiger partial charge < -0.3 is 11.1 Å². The summed E-state index contributed by atoms with van der Waals surface area (Å²) in [5.74, 6) is 0.144. The lowest BCUT2D eigenvalue weighted by Gasteiger charge is -2.13. The van der Waals surface area contributed by atoms with E-state index in [4.69, 9.17) is 5.73 Å². The molecule has 78 valence electrons. The van der Waals surface area contributed by atoms with E-state index in [9.17, 15) is 4.79 Å². The Kier molecular flexibility index (Phi) is 6.59. The first kappa shape index (κ1) is 12.4. The zero-order valence-electron chi connectivity index (χ0n) is 8.97. The Morgan fingerprint density at radius 3 is 2.54 bits per heavy atom. The van der Waals surface area contributed by atoms with Crippen LogP contribution in [0.4, 0.5) is 0 Å². The average Bonchev–Trinajstić information content (AvgIpc) is 2.10. The normalized spacial score (nSPS) is 13.0. The number of carbonyl (C=O) groups is 1. The van der Waals surface area contributed by atoms with Gasteiger partial charge in [0.15, 0.2) is 0 Å². The number of amides is 1. The van der Waals surface area contributed by atoms with Crippen LogP contribution < -0.4 is 11.1 Å². The minimum Gasteiger partial charge on any atom is -0.354 e. The van der Waals surface area contributed by atoms with Crippen molar-refractivity contribution in [2.45, 2.75) is 46.1 Å². The van der Waals surface area contributed by atoms with E-state index in [1.807, 2.05) is 13.8 Å². The summed E-state index contributed by atoms with van der Waals surface area (Å²) in [5, 5.41) is 2.83. The molecule has 0 radical (unpaired) electrons. The highest BCUT2D eigenvalue weighted by atomic mass is 16.1. The molecule has 0 spiro atoms. The lowest BCUT2D eigenvalue weighted by atomic mass is 10.1. The summed E-state index contributed by atoms with van der Waals surface area (Å²) in [6.07, 6.45) is 3.29. The molecule has 0 aromatic rings. The van der Waals surface area contributed by atoms with Gasteiger partial charge in [-0.3, -0.25) is 4.79 Å². The molecular formula is C10H22N2O. The molecule has 0 saturated heterocycles. The van der Waals surface area contributed by atoms with Crippen molar-refractivity contribution in [3.63, 3.8) is 0 Å². The highest BCUT2D eigenvalue weighted by Gasteiger charge is 2.08. The van der Waals surface area contributed by atoms with Gasteiger partial charge in [0.25, 0.3) is 0 Å². The van der Waals surface area contributed by atoms with Crippen LogP contribution in [0.5, 0.6) is 0 Å². The third kappa shape index (κ3) is 6.58. The molecule has 3 heteroatoms. The molecule has 3 N–H and O–H groups in total. The first-order valence-electron chi connectivity index (χ1n) is 5.11. The topological polar surface area (TPSA) is 55.1 Å². The molecule has 3 nitrogen and oxygen atoms in total. The minimum absolute atomic E-state index is 0.0541. The summed E-state index contributed by atoms with van der Waals surface area (Å²) in [5.41, 5.74) is 5.79. The molecule has 0 unspecified atom stereocenters. The lowest BCUT2D eigenvalue weighted by molar-refractivity contribution is -0.124. The fraction of sp³-hybridized carbons (Fsp3) is 0.900. The Bertz CT molecular complexity index is 146. The molecule has 0 rings (SSSR count). The van der Waals surface area contributed by atoms with Crippen LogP contribution in [0.3, 0.4) is 0 Å². The Hall–Kier alpha value is -0.570. The van der Waals surface area contributed by atoms with Crippen LogP contribution in [0, 0.1) is 5.92 Å². The van der Waals surface area contributed by atoms with E-state index < -0.39 is 0 Å².